The molecule has 4 aromatic rings. The number of sulfonamides is 1. The summed E-state index contributed by atoms with van der Waals surface area (Å²) in [6, 6.07) is 28.1. The summed E-state index contributed by atoms with van der Waals surface area (Å²) in [6.07, 6.45) is 0.211. The maximum absolute atomic E-state index is 14.6. The summed E-state index contributed by atoms with van der Waals surface area (Å²) in [6.45, 7) is 1.57. The fraction of sp³-hybridized carbons (Fsp3) is 0.257. The van der Waals surface area contributed by atoms with E-state index in [1.165, 1.54) is 43.4 Å². The smallest absolute Gasteiger partial charge is 0.264 e. The Balaban J connectivity index is 1.83. The molecule has 4 aromatic carbocycles. The van der Waals surface area contributed by atoms with Crippen LogP contribution in [0.4, 0.5) is 5.69 Å². The zero-order valence-corrected chi connectivity index (χ0v) is 27.2. The molecule has 0 aliphatic heterocycles. The number of methoxy groups -OCH3 is 3. The van der Waals surface area contributed by atoms with Crippen molar-refractivity contribution in [2.24, 2.45) is 0 Å². The summed E-state index contributed by atoms with van der Waals surface area (Å²) in [4.78, 5) is 29.6. The number of likely N-dealkylation sites (N-methyl/N-ethyl adjacent to an activating group) is 1. The summed E-state index contributed by atoms with van der Waals surface area (Å²) in [5.74, 6) is 0.382. The number of para-hydroxylation sites is 2. The van der Waals surface area contributed by atoms with E-state index in [-0.39, 0.29) is 35.2 Å². The van der Waals surface area contributed by atoms with Gasteiger partial charge in [0, 0.05) is 19.5 Å². The van der Waals surface area contributed by atoms with Crippen molar-refractivity contribution in [2.45, 2.75) is 30.8 Å². The molecule has 10 nitrogen and oxygen atoms in total. The van der Waals surface area contributed by atoms with Gasteiger partial charge in [0.2, 0.25) is 11.8 Å². The molecule has 1 N–H and O–H groups in total. The summed E-state index contributed by atoms with van der Waals surface area (Å²) in [7, 11) is 0.153. The van der Waals surface area contributed by atoms with Crippen LogP contribution < -0.4 is 23.8 Å². The molecule has 0 aliphatic rings. The summed E-state index contributed by atoms with van der Waals surface area (Å²) < 4.78 is 45.7. The van der Waals surface area contributed by atoms with Crippen molar-refractivity contribution < 1.29 is 32.2 Å². The number of benzene rings is 4. The first-order chi connectivity index (χ1) is 22.2. The summed E-state index contributed by atoms with van der Waals surface area (Å²) in [5, 5.41) is 2.86. The van der Waals surface area contributed by atoms with Gasteiger partial charge in [-0.15, -0.1) is 0 Å². The first-order valence-corrected chi connectivity index (χ1v) is 16.2. The SMILES string of the molecule is CCNC(=O)[C@H](Cc1ccccc1)N(Cc1cccc(OC)c1)C(=O)CN(c1ccccc1OC)S(=O)(=O)c1ccc(OC)cc1. The zero-order chi connectivity index (χ0) is 33.1. The maximum atomic E-state index is 14.6. The molecule has 0 saturated heterocycles. The van der Waals surface area contributed by atoms with Crippen LogP contribution in [0.15, 0.2) is 108 Å². The summed E-state index contributed by atoms with van der Waals surface area (Å²) in [5.41, 5.74) is 1.72. The Hall–Kier alpha value is -5.03. The van der Waals surface area contributed by atoms with E-state index in [1.807, 2.05) is 36.4 Å². The third-order valence-electron chi connectivity index (χ3n) is 7.39. The molecule has 2 amide bonds. The monoisotopic (exact) mass is 645 g/mol. The average Bonchev–Trinajstić information content (AvgIpc) is 3.09. The van der Waals surface area contributed by atoms with Gasteiger partial charge in [0.25, 0.3) is 10.0 Å². The number of hydrogen-bond donors (Lipinski definition) is 1. The Kier molecular flexibility index (Phi) is 11.6. The number of anilines is 1. The van der Waals surface area contributed by atoms with Gasteiger partial charge in [-0.1, -0.05) is 54.6 Å². The highest BCUT2D eigenvalue weighted by Crippen LogP contribution is 2.33. The topological polar surface area (TPSA) is 114 Å². The minimum absolute atomic E-state index is 0.0208. The van der Waals surface area contributed by atoms with Gasteiger partial charge in [0.15, 0.2) is 0 Å². The molecule has 0 aromatic heterocycles. The van der Waals surface area contributed by atoms with Gasteiger partial charge in [-0.3, -0.25) is 13.9 Å². The number of amides is 2. The highest BCUT2D eigenvalue weighted by molar-refractivity contribution is 7.92. The highest BCUT2D eigenvalue weighted by Gasteiger charge is 2.35. The third-order valence-corrected chi connectivity index (χ3v) is 9.16. The normalized spacial score (nSPS) is 11.7. The molecule has 0 saturated carbocycles. The van der Waals surface area contributed by atoms with Gasteiger partial charge in [-0.25, -0.2) is 8.42 Å². The fourth-order valence-corrected chi connectivity index (χ4v) is 6.46. The molecule has 0 heterocycles. The van der Waals surface area contributed by atoms with Crippen LogP contribution in [-0.2, 0) is 32.6 Å². The van der Waals surface area contributed by atoms with Crippen molar-refractivity contribution in [1.82, 2.24) is 10.2 Å². The van der Waals surface area contributed by atoms with Crippen molar-refractivity contribution in [2.75, 3.05) is 38.7 Å². The van der Waals surface area contributed by atoms with Crippen LogP contribution in [0.5, 0.6) is 17.2 Å². The number of ether oxygens (including phenoxy) is 3. The number of hydrogen-bond acceptors (Lipinski definition) is 7. The molecule has 0 aliphatic carbocycles. The standard InChI is InChI=1S/C35H39N3O7S/c1-5-36-35(40)32(23-26-12-7-6-8-13-26)37(24-27-14-11-15-29(22-27)44-3)34(39)25-38(31-16-9-10-17-33(31)45-4)46(41,42)30-20-18-28(43-2)19-21-30/h6-22,32H,5,23-25H2,1-4H3,(H,36,40)/t32-/m0/s1. The van der Waals surface area contributed by atoms with Crippen molar-refractivity contribution in [1.29, 1.82) is 0 Å². The van der Waals surface area contributed by atoms with Crippen LogP contribution in [0, 0.1) is 0 Å². The Morgan fingerprint density at radius 2 is 1.41 bits per heavy atom. The Morgan fingerprint density at radius 3 is 2.07 bits per heavy atom. The Bertz CT molecular complexity index is 1710. The first kappa shape index (κ1) is 33.9. The summed E-state index contributed by atoms with van der Waals surface area (Å²) >= 11 is 0. The van der Waals surface area contributed by atoms with Gasteiger partial charge < -0.3 is 24.4 Å². The average molecular weight is 646 g/mol. The molecule has 0 radical (unpaired) electrons. The van der Waals surface area contributed by atoms with Crippen molar-refractivity contribution in [3.8, 4) is 17.2 Å². The van der Waals surface area contributed by atoms with Crippen LogP contribution in [-0.4, -0.2) is 65.6 Å². The lowest BCUT2D eigenvalue weighted by Crippen LogP contribution is -2.53. The lowest BCUT2D eigenvalue weighted by atomic mass is 10.0. The van der Waals surface area contributed by atoms with Crippen molar-refractivity contribution in [3.63, 3.8) is 0 Å². The van der Waals surface area contributed by atoms with E-state index < -0.39 is 28.5 Å². The third kappa shape index (κ3) is 8.16. The van der Waals surface area contributed by atoms with Crippen LogP contribution in [0.1, 0.15) is 18.1 Å². The van der Waals surface area contributed by atoms with E-state index in [0.717, 1.165) is 9.87 Å². The van der Waals surface area contributed by atoms with E-state index >= 15 is 0 Å². The van der Waals surface area contributed by atoms with E-state index in [2.05, 4.69) is 5.32 Å². The molecule has 0 bridgehead atoms. The molecule has 0 unspecified atom stereocenters. The van der Waals surface area contributed by atoms with E-state index in [1.54, 1.807) is 56.5 Å². The van der Waals surface area contributed by atoms with Gasteiger partial charge in [-0.2, -0.15) is 0 Å². The molecule has 0 fully saturated rings. The minimum atomic E-state index is -4.31. The molecule has 11 heteroatoms. The molecule has 0 spiro atoms. The van der Waals surface area contributed by atoms with Gasteiger partial charge in [0.05, 0.1) is 31.9 Å². The number of nitrogens with zero attached hydrogens (tertiary/aromatic N) is 2. The van der Waals surface area contributed by atoms with E-state index in [4.69, 9.17) is 14.2 Å². The van der Waals surface area contributed by atoms with Gasteiger partial charge >= 0.3 is 0 Å². The highest BCUT2D eigenvalue weighted by atomic mass is 32.2. The van der Waals surface area contributed by atoms with E-state index in [0.29, 0.717) is 23.6 Å². The molecule has 46 heavy (non-hydrogen) atoms. The van der Waals surface area contributed by atoms with Gasteiger partial charge in [0.1, 0.15) is 29.8 Å². The Morgan fingerprint density at radius 1 is 0.761 bits per heavy atom. The molecule has 242 valence electrons. The molecule has 4 rings (SSSR count). The lowest BCUT2D eigenvalue weighted by molar-refractivity contribution is -0.140. The molecular formula is C35H39N3O7S. The quantitative estimate of drug-likeness (QED) is 0.200. The number of carbonyl (C=O) groups excluding carboxylic acids is 2. The largest absolute Gasteiger partial charge is 0.497 e. The predicted octanol–water partition coefficient (Wildman–Crippen LogP) is 4.68. The van der Waals surface area contributed by atoms with Gasteiger partial charge in [-0.05, 0) is 66.6 Å². The molecular weight excluding hydrogens is 606 g/mol. The maximum Gasteiger partial charge on any atom is 0.264 e. The van der Waals surface area contributed by atoms with Crippen molar-refractivity contribution >= 4 is 27.5 Å². The second-order valence-electron chi connectivity index (χ2n) is 10.3. The first-order valence-electron chi connectivity index (χ1n) is 14.8. The minimum Gasteiger partial charge on any atom is -0.497 e. The number of rotatable bonds is 15. The van der Waals surface area contributed by atoms with Crippen molar-refractivity contribution in [3.05, 3.63) is 114 Å². The van der Waals surface area contributed by atoms with Crippen LogP contribution in [0.25, 0.3) is 0 Å². The van der Waals surface area contributed by atoms with Crippen LogP contribution in [0.2, 0.25) is 0 Å². The van der Waals surface area contributed by atoms with Crippen LogP contribution >= 0.6 is 0 Å². The number of nitrogens with one attached hydrogen (secondary N) is 1. The molecule has 1 atom stereocenters. The predicted molar refractivity (Wildman–Crippen MR) is 177 cm³/mol. The second kappa shape index (κ2) is 15.8. The second-order valence-corrected chi connectivity index (χ2v) is 12.2. The van der Waals surface area contributed by atoms with Crippen LogP contribution in [0.3, 0.4) is 0 Å². The zero-order valence-electron chi connectivity index (χ0n) is 26.4. The fourth-order valence-electron chi connectivity index (χ4n) is 5.04. The lowest BCUT2D eigenvalue weighted by Gasteiger charge is -2.34. The number of carbonyl (C=O) groups is 2. The van der Waals surface area contributed by atoms with E-state index in [9.17, 15) is 18.0 Å². The Labute approximate surface area is 270 Å².